The van der Waals surface area contributed by atoms with Gasteiger partial charge in [-0.15, -0.1) is 0 Å². The van der Waals surface area contributed by atoms with E-state index in [1.165, 1.54) is 16.9 Å². The van der Waals surface area contributed by atoms with Crippen molar-refractivity contribution in [3.63, 3.8) is 0 Å². The Bertz CT molecular complexity index is 1220. The number of aliphatic hydroxyl groups is 1. The number of anilines is 2. The summed E-state index contributed by atoms with van der Waals surface area (Å²) < 4.78 is 41.2. The van der Waals surface area contributed by atoms with E-state index in [0.29, 0.717) is 61.7 Å². The first kappa shape index (κ1) is 22.4. The maximum atomic E-state index is 13.3. The van der Waals surface area contributed by atoms with Gasteiger partial charge in [0.15, 0.2) is 5.65 Å². The number of halogens is 3. The molecule has 0 bridgehead atoms. The molecule has 2 aromatic heterocycles. The third-order valence-corrected chi connectivity index (χ3v) is 6.30. The monoisotopic (exact) mass is 475 g/mol. The van der Waals surface area contributed by atoms with Gasteiger partial charge in [-0.3, -0.25) is 4.79 Å². The zero-order valence-electron chi connectivity index (χ0n) is 18.5. The van der Waals surface area contributed by atoms with Crippen LogP contribution in [0.3, 0.4) is 0 Å². The smallest absolute Gasteiger partial charge is 0.393 e. The first-order chi connectivity index (χ1) is 16.2. The van der Waals surface area contributed by atoms with E-state index in [9.17, 15) is 23.1 Å². The normalized spacial score (nSPS) is 21.5. The molecule has 1 aliphatic heterocycles. The lowest BCUT2D eigenvalue weighted by Gasteiger charge is -2.32. The molecule has 180 valence electrons. The summed E-state index contributed by atoms with van der Waals surface area (Å²) in [7, 11) is 1.75. The van der Waals surface area contributed by atoms with Gasteiger partial charge in [0, 0.05) is 39.1 Å². The van der Waals surface area contributed by atoms with Crippen LogP contribution in [0, 0.1) is 0 Å². The van der Waals surface area contributed by atoms with Gasteiger partial charge >= 0.3 is 6.18 Å². The minimum absolute atomic E-state index is 0.00192. The van der Waals surface area contributed by atoms with Crippen LogP contribution in [0.5, 0.6) is 0 Å². The van der Waals surface area contributed by atoms with Gasteiger partial charge in [-0.25, -0.2) is 4.68 Å². The highest BCUT2D eigenvalue weighted by atomic mass is 19.4. The predicted octanol–water partition coefficient (Wildman–Crippen LogP) is 2.44. The number of benzene rings is 1. The fourth-order valence-electron chi connectivity index (χ4n) is 4.23. The number of aromatic nitrogens is 4. The number of aliphatic hydroxyl groups excluding tert-OH is 1. The number of nitrogens with zero attached hydrogens (tertiary/aromatic N) is 6. The van der Waals surface area contributed by atoms with Crippen LogP contribution in [0.25, 0.3) is 16.7 Å². The number of fused-ring (bicyclic) bond motifs is 1. The largest absolute Gasteiger partial charge is 0.416 e. The Morgan fingerprint density at radius 3 is 2.68 bits per heavy atom. The molecule has 3 heterocycles. The second-order valence-corrected chi connectivity index (χ2v) is 8.73. The zero-order chi connectivity index (χ0) is 24.0. The number of hydrogen-bond acceptors (Lipinski definition) is 7. The number of likely N-dealkylation sites (N-methyl/N-ethyl adjacent to an activating group) is 1. The Balaban J connectivity index is 1.59. The lowest BCUT2D eigenvalue weighted by molar-refractivity contribution is -0.137. The molecule has 0 unspecified atom stereocenters. The molecular formula is C22H24F3N7O2. The van der Waals surface area contributed by atoms with Crippen LogP contribution < -0.4 is 10.2 Å². The van der Waals surface area contributed by atoms with E-state index in [4.69, 9.17) is 0 Å². The fourth-order valence-corrected chi connectivity index (χ4v) is 4.23. The number of amides is 1. The van der Waals surface area contributed by atoms with Crippen molar-refractivity contribution in [1.82, 2.24) is 24.6 Å². The molecule has 0 atom stereocenters. The van der Waals surface area contributed by atoms with Crippen LogP contribution in [-0.4, -0.2) is 74.5 Å². The summed E-state index contributed by atoms with van der Waals surface area (Å²) in [5.41, 5.74) is -0.195. The third kappa shape index (κ3) is 4.25. The molecule has 0 radical (unpaired) electrons. The number of rotatable bonds is 4. The first-order valence-corrected chi connectivity index (χ1v) is 11.1. The van der Waals surface area contributed by atoms with Gasteiger partial charge in [0.05, 0.1) is 28.9 Å². The Kier molecular flexibility index (Phi) is 5.54. The SMILES string of the molecule is CN1CCN(c2nc(NC3CC(O)C3)nc3c2cnn3-c2cccc(C(F)(F)F)c2)CCC1=O. The second kappa shape index (κ2) is 8.42. The lowest BCUT2D eigenvalue weighted by Crippen LogP contribution is -2.39. The maximum Gasteiger partial charge on any atom is 0.416 e. The van der Waals surface area contributed by atoms with Gasteiger partial charge in [0.2, 0.25) is 11.9 Å². The average molecular weight is 475 g/mol. The molecular weight excluding hydrogens is 451 g/mol. The zero-order valence-corrected chi connectivity index (χ0v) is 18.5. The van der Waals surface area contributed by atoms with Crippen molar-refractivity contribution in [1.29, 1.82) is 0 Å². The molecule has 5 rings (SSSR count). The molecule has 0 spiro atoms. The van der Waals surface area contributed by atoms with E-state index in [2.05, 4.69) is 20.4 Å². The average Bonchev–Trinajstić information content (AvgIpc) is 3.13. The Morgan fingerprint density at radius 2 is 1.94 bits per heavy atom. The summed E-state index contributed by atoms with van der Waals surface area (Å²) in [6.07, 6.45) is -1.87. The van der Waals surface area contributed by atoms with E-state index in [0.717, 1.165) is 12.1 Å². The number of carbonyl (C=O) groups excluding carboxylic acids is 1. The minimum Gasteiger partial charge on any atom is -0.393 e. The Morgan fingerprint density at radius 1 is 1.15 bits per heavy atom. The highest BCUT2D eigenvalue weighted by Gasteiger charge is 2.32. The Hall–Kier alpha value is -3.41. The van der Waals surface area contributed by atoms with E-state index in [1.54, 1.807) is 18.0 Å². The van der Waals surface area contributed by atoms with Crippen molar-refractivity contribution in [3.8, 4) is 5.69 Å². The van der Waals surface area contributed by atoms with Crippen molar-refractivity contribution >= 4 is 28.7 Å². The van der Waals surface area contributed by atoms with Crippen LogP contribution >= 0.6 is 0 Å². The van der Waals surface area contributed by atoms with Crippen molar-refractivity contribution in [2.24, 2.45) is 0 Å². The number of nitrogens with one attached hydrogen (secondary N) is 1. The number of alkyl halides is 3. The van der Waals surface area contributed by atoms with Crippen molar-refractivity contribution < 1.29 is 23.1 Å². The molecule has 1 aromatic carbocycles. The molecule has 3 aromatic rings. The van der Waals surface area contributed by atoms with E-state index in [-0.39, 0.29) is 23.7 Å². The molecule has 1 aliphatic carbocycles. The maximum absolute atomic E-state index is 13.3. The highest BCUT2D eigenvalue weighted by molar-refractivity contribution is 5.89. The van der Waals surface area contributed by atoms with Crippen LogP contribution in [0.1, 0.15) is 24.8 Å². The minimum atomic E-state index is -4.48. The van der Waals surface area contributed by atoms with Gasteiger partial charge in [-0.1, -0.05) is 6.07 Å². The standard InChI is InChI=1S/C22H24F3N7O2/c1-30-7-8-31(6-5-18(30)34)19-17-12-26-32(15-4-2-3-13(9-15)22(23,24)25)20(17)29-21(28-19)27-14-10-16(33)11-14/h2-4,9,12,14,16,33H,5-8,10-11H2,1H3,(H,27,28,29). The molecule has 1 saturated carbocycles. The van der Waals surface area contributed by atoms with E-state index in [1.807, 2.05) is 4.90 Å². The van der Waals surface area contributed by atoms with Crippen LogP contribution in [0.15, 0.2) is 30.5 Å². The summed E-state index contributed by atoms with van der Waals surface area (Å²) in [5.74, 6) is 0.903. The van der Waals surface area contributed by atoms with Gasteiger partial charge in [-0.2, -0.15) is 28.2 Å². The summed E-state index contributed by atoms with van der Waals surface area (Å²) >= 11 is 0. The highest BCUT2D eigenvalue weighted by Crippen LogP contribution is 2.33. The van der Waals surface area contributed by atoms with Crippen LogP contribution in [0.4, 0.5) is 24.9 Å². The molecule has 2 aliphatic rings. The number of hydrogen-bond donors (Lipinski definition) is 2. The summed E-state index contributed by atoms with van der Waals surface area (Å²) in [6.45, 7) is 1.51. The topological polar surface area (TPSA) is 99.4 Å². The van der Waals surface area contributed by atoms with Crippen molar-refractivity contribution in [2.45, 2.75) is 37.6 Å². The molecule has 12 heteroatoms. The summed E-state index contributed by atoms with van der Waals surface area (Å²) in [4.78, 5) is 25.1. The number of carbonyl (C=O) groups is 1. The van der Waals surface area contributed by atoms with Gasteiger partial charge in [0.25, 0.3) is 0 Å². The van der Waals surface area contributed by atoms with Crippen molar-refractivity contribution in [3.05, 3.63) is 36.0 Å². The van der Waals surface area contributed by atoms with Gasteiger partial charge in [0.1, 0.15) is 5.82 Å². The molecule has 2 N–H and O–H groups in total. The van der Waals surface area contributed by atoms with E-state index >= 15 is 0 Å². The molecule has 34 heavy (non-hydrogen) atoms. The summed E-state index contributed by atoms with van der Waals surface area (Å²) in [5, 5.41) is 17.8. The van der Waals surface area contributed by atoms with Crippen LogP contribution in [-0.2, 0) is 11.0 Å². The predicted molar refractivity (Wildman–Crippen MR) is 119 cm³/mol. The second-order valence-electron chi connectivity index (χ2n) is 8.73. The van der Waals surface area contributed by atoms with Gasteiger partial charge < -0.3 is 20.2 Å². The Labute approximate surface area is 193 Å². The first-order valence-electron chi connectivity index (χ1n) is 11.1. The lowest BCUT2D eigenvalue weighted by atomic mass is 9.90. The molecule has 2 fully saturated rings. The van der Waals surface area contributed by atoms with Gasteiger partial charge in [-0.05, 0) is 31.0 Å². The molecule has 1 saturated heterocycles. The fraction of sp³-hybridized carbons (Fsp3) is 0.455. The van der Waals surface area contributed by atoms with E-state index < -0.39 is 11.7 Å². The van der Waals surface area contributed by atoms with Crippen molar-refractivity contribution in [2.75, 3.05) is 36.9 Å². The summed E-state index contributed by atoms with van der Waals surface area (Å²) in [6, 6.07) is 4.91. The molecule has 9 nitrogen and oxygen atoms in total. The third-order valence-electron chi connectivity index (χ3n) is 6.30. The quantitative estimate of drug-likeness (QED) is 0.598. The molecule has 1 amide bonds. The van der Waals surface area contributed by atoms with Crippen LogP contribution in [0.2, 0.25) is 0 Å².